The molecule has 0 saturated carbocycles. The molecule has 0 N–H and O–H groups in total. The number of rotatable bonds is 10. The summed E-state index contributed by atoms with van der Waals surface area (Å²) in [4.78, 5) is 28.7. The molecule has 28 heavy (non-hydrogen) atoms. The third kappa shape index (κ3) is 9.98. The maximum absolute atomic E-state index is 12.1. The lowest BCUT2D eigenvalue weighted by Gasteiger charge is -2.38. The molecule has 0 atom stereocenters. The van der Waals surface area contributed by atoms with Crippen molar-refractivity contribution < 1.29 is 14.7 Å². The minimum atomic E-state index is -1.11. The Bertz CT molecular complexity index is 539. The molecule has 160 valence electrons. The molecule has 0 aliphatic carbocycles. The zero-order valence-corrected chi connectivity index (χ0v) is 18.3. The number of unbranched alkanes of at least 4 members (excludes halogenated alkanes) is 4. The first-order valence-electron chi connectivity index (χ1n) is 10.6. The zero-order valence-electron chi connectivity index (χ0n) is 18.3. The molecule has 0 aromatic rings. The van der Waals surface area contributed by atoms with Crippen molar-refractivity contribution in [3.8, 4) is 11.8 Å². The lowest BCUT2D eigenvalue weighted by Crippen LogP contribution is -2.51. The predicted molar refractivity (Wildman–Crippen MR) is 111 cm³/mol. The van der Waals surface area contributed by atoms with Gasteiger partial charge in [-0.15, -0.1) is 0 Å². The molecule has 1 fully saturated rings. The maximum Gasteiger partial charge on any atom is 0.223 e. The van der Waals surface area contributed by atoms with E-state index < -0.39 is 11.6 Å². The minimum Gasteiger partial charge on any atom is -0.530 e. The number of carboxylic acid groups (broad SMARTS) is 1. The number of likely N-dealkylation sites (tertiary alicyclic amines) is 1. The van der Waals surface area contributed by atoms with E-state index in [2.05, 4.69) is 16.7 Å². The second-order valence-electron chi connectivity index (χ2n) is 8.69. The Hall–Kier alpha value is -1.74. The van der Waals surface area contributed by atoms with Gasteiger partial charge in [-0.25, -0.2) is 0 Å². The Morgan fingerprint density at radius 2 is 1.61 bits per heavy atom. The fraction of sp³-hybridized carbons (Fsp3) is 0.818. The van der Waals surface area contributed by atoms with E-state index in [-0.39, 0.29) is 5.91 Å². The van der Waals surface area contributed by atoms with Gasteiger partial charge in [0.25, 0.3) is 0 Å². The summed E-state index contributed by atoms with van der Waals surface area (Å²) < 4.78 is 0. The molecule has 1 heterocycles. The number of nitrogens with zero attached hydrogens (tertiary/aromatic N) is 3. The predicted octanol–water partition coefficient (Wildman–Crippen LogP) is 2.33. The summed E-state index contributed by atoms with van der Waals surface area (Å²) in [6.45, 7) is 9.73. The van der Waals surface area contributed by atoms with Gasteiger partial charge in [-0.2, -0.15) is 0 Å². The second-order valence-corrected chi connectivity index (χ2v) is 8.69. The fourth-order valence-electron chi connectivity index (χ4n) is 3.34. The Labute approximate surface area is 171 Å². The van der Waals surface area contributed by atoms with Crippen LogP contribution in [-0.4, -0.2) is 72.0 Å². The van der Waals surface area contributed by atoms with Gasteiger partial charge in [0, 0.05) is 25.6 Å². The van der Waals surface area contributed by atoms with E-state index in [1.165, 1.54) is 17.7 Å². The van der Waals surface area contributed by atoms with Crippen LogP contribution in [-0.2, 0) is 4.79 Å². The van der Waals surface area contributed by atoms with Crippen LogP contribution in [0.3, 0.4) is 0 Å². The van der Waals surface area contributed by atoms with E-state index in [9.17, 15) is 14.7 Å². The number of carbonyl (C=O) groups excluding carboxylic acids is 2. The molecular formula is C22H38N3O3-. The van der Waals surface area contributed by atoms with Crippen LogP contribution in [0.15, 0.2) is 0 Å². The van der Waals surface area contributed by atoms with Gasteiger partial charge >= 0.3 is 0 Å². The Balaban J connectivity index is 2.07. The topological polar surface area (TPSA) is 66.9 Å². The largest absolute Gasteiger partial charge is 0.530 e. The molecule has 0 spiro atoms. The normalized spacial score (nSPS) is 14.4. The first kappa shape index (κ1) is 24.3. The lowest BCUT2D eigenvalue weighted by molar-refractivity contribution is -0.270. The van der Waals surface area contributed by atoms with Gasteiger partial charge in [0.1, 0.15) is 6.09 Å². The van der Waals surface area contributed by atoms with Gasteiger partial charge in [-0.05, 0) is 59.5 Å². The Morgan fingerprint density at radius 3 is 2.21 bits per heavy atom. The van der Waals surface area contributed by atoms with Crippen LogP contribution >= 0.6 is 0 Å². The van der Waals surface area contributed by atoms with Crippen molar-refractivity contribution in [2.45, 2.75) is 77.7 Å². The van der Waals surface area contributed by atoms with E-state index >= 15 is 0 Å². The smallest absolute Gasteiger partial charge is 0.223 e. The van der Waals surface area contributed by atoms with E-state index in [1.807, 2.05) is 27.8 Å². The van der Waals surface area contributed by atoms with Crippen LogP contribution in [0.1, 0.15) is 72.1 Å². The molecule has 1 aliphatic heterocycles. The van der Waals surface area contributed by atoms with Crippen molar-refractivity contribution in [2.24, 2.45) is 0 Å². The standard InChI is InChI=1S/C22H39N3O3/c1-22(2,3)25(21(27)28)19-9-7-5-6-8-14-20(26)23(4)15-10-11-16-24-17-12-13-18-24/h5-9,12-19H2,1-4H3,(H,27,28)/p-1. The average molecular weight is 393 g/mol. The van der Waals surface area contributed by atoms with Gasteiger partial charge in [0.15, 0.2) is 0 Å². The van der Waals surface area contributed by atoms with Crippen LogP contribution in [0.4, 0.5) is 4.79 Å². The highest BCUT2D eigenvalue weighted by Crippen LogP contribution is 2.15. The second kappa shape index (κ2) is 12.7. The van der Waals surface area contributed by atoms with Crippen molar-refractivity contribution in [3.63, 3.8) is 0 Å². The summed E-state index contributed by atoms with van der Waals surface area (Å²) >= 11 is 0. The van der Waals surface area contributed by atoms with Crippen LogP contribution in [0, 0.1) is 11.8 Å². The summed E-state index contributed by atoms with van der Waals surface area (Å²) in [5.41, 5.74) is -0.423. The highest BCUT2D eigenvalue weighted by atomic mass is 16.4. The van der Waals surface area contributed by atoms with Crippen molar-refractivity contribution in [1.29, 1.82) is 0 Å². The first-order valence-corrected chi connectivity index (χ1v) is 10.6. The molecule has 0 aromatic carbocycles. The maximum atomic E-state index is 12.1. The Kier molecular flexibility index (Phi) is 11.0. The van der Waals surface area contributed by atoms with Gasteiger partial charge < -0.3 is 19.7 Å². The van der Waals surface area contributed by atoms with Crippen LogP contribution < -0.4 is 5.11 Å². The fourth-order valence-corrected chi connectivity index (χ4v) is 3.34. The molecule has 1 rings (SSSR count). The lowest BCUT2D eigenvalue weighted by atomic mass is 10.1. The molecular weight excluding hydrogens is 354 g/mol. The molecule has 1 aliphatic rings. The van der Waals surface area contributed by atoms with Crippen LogP contribution in [0.25, 0.3) is 0 Å². The zero-order chi connectivity index (χ0) is 21.0. The average Bonchev–Trinajstić information content (AvgIpc) is 3.12. The molecule has 0 bridgehead atoms. The Morgan fingerprint density at radius 1 is 1.00 bits per heavy atom. The highest BCUT2D eigenvalue weighted by molar-refractivity contribution is 5.76. The third-order valence-corrected chi connectivity index (χ3v) is 5.17. The molecule has 1 saturated heterocycles. The third-order valence-electron chi connectivity index (χ3n) is 5.17. The summed E-state index contributed by atoms with van der Waals surface area (Å²) in [5.74, 6) is 6.41. The van der Waals surface area contributed by atoms with E-state index in [0.717, 1.165) is 51.7 Å². The van der Waals surface area contributed by atoms with Gasteiger partial charge in [-0.3, -0.25) is 9.69 Å². The molecule has 0 aromatic heterocycles. The first-order chi connectivity index (χ1) is 13.2. The van der Waals surface area contributed by atoms with Gasteiger partial charge in [-0.1, -0.05) is 31.1 Å². The summed E-state index contributed by atoms with van der Waals surface area (Å²) in [5, 5.41) is 11.2. The molecule has 2 amide bonds. The van der Waals surface area contributed by atoms with Crippen molar-refractivity contribution >= 4 is 12.0 Å². The van der Waals surface area contributed by atoms with Crippen LogP contribution in [0.2, 0.25) is 0 Å². The molecule has 0 radical (unpaired) electrons. The number of hydrogen-bond acceptors (Lipinski definition) is 4. The summed E-state index contributed by atoms with van der Waals surface area (Å²) in [6.07, 6.45) is 6.64. The number of amides is 2. The number of hydrogen-bond donors (Lipinski definition) is 0. The molecule has 6 nitrogen and oxygen atoms in total. The summed E-state index contributed by atoms with van der Waals surface area (Å²) in [7, 11) is 1.81. The highest BCUT2D eigenvalue weighted by Gasteiger charge is 2.20. The number of carbonyl (C=O) groups is 2. The molecule has 0 unspecified atom stereocenters. The van der Waals surface area contributed by atoms with Crippen molar-refractivity contribution in [1.82, 2.24) is 14.7 Å². The van der Waals surface area contributed by atoms with Crippen molar-refractivity contribution in [2.75, 3.05) is 39.8 Å². The SMILES string of the molecule is CN(CC#CCN1CCCC1)C(=O)CCCCCCCN(C(=O)[O-])C(C)(C)C. The van der Waals surface area contributed by atoms with Crippen molar-refractivity contribution in [3.05, 3.63) is 0 Å². The summed E-state index contributed by atoms with van der Waals surface area (Å²) in [6, 6.07) is 0. The van der Waals surface area contributed by atoms with E-state index in [0.29, 0.717) is 19.5 Å². The van der Waals surface area contributed by atoms with Gasteiger partial charge in [0.2, 0.25) is 5.91 Å². The van der Waals surface area contributed by atoms with Gasteiger partial charge in [0.05, 0.1) is 13.1 Å². The quantitative estimate of drug-likeness (QED) is 0.423. The molecule has 6 heteroatoms. The van der Waals surface area contributed by atoms with Crippen LogP contribution in [0.5, 0.6) is 0 Å². The minimum absolute atomic E-state index is 0.145. The monoisotopic (exact) mass is 392 g/mol. The van der Waals surface area contributed by atoms with E-state index in [4.69, 9.17) is 0 Å². The van der Waals surface area contributed by atoms with E-state index in [1.54, 1.807) is 4.90 Å².